The molecule has 0 aliphatic carbocycles. The van der Waals surface area contributed by atoms with Crippen LogP contribution in [-0.4, -0.2) is 15.4 Å². The van der Waals surface area contributed by atoms with Crippen LogP contribution in [0.3, 0.4) is 0 Å². The molecule has 1 aromatic rings. The Morgan fingerprint density at radius 1 is 1.45 bits per heavy atom. The Morgan fingerprint density at radius 3 is 2.36 bits per heavy atom. The van der Waals surface area contributed by atoms with E-state index in [-0.39, 0.29) is 58.3 Å². The van der Waals surface area contributed by atoms with Gasteiger partial charge in [0, 0.05) is 6.20 Å². The van der Waals surface area contributed by atoms with Crippen molar-refractivity contribution >= 4 is 0 Å². The third-order valence-electron chi connectivity index (χ3n) is 0.774. The molecule has 0 aromatic carbocycles. The quantitative estimate of drug-likeness (QED) is 0.401. The van der Waals surface area contributed by atoms with Crippen molar-refractivity contribution in [2.24, 2.45) is 0 Å². The number of rotatable bonds is 0. The molecule has 0 spiro atoms. The predicted molar refractivity (Wildman–Crippen MR) is 32.4 cm³/mol. The van der Waals surface area contributed by atoms with Crippen LogP contribution in [0.1, 0.15) is 1.43 Å². The Morgan fingerprint density at radius 2 is 2.00 bits per heavy atom. The van der Waals surface area contributed by atoms with E-state index < -0.39 is 17.1 Å². The number of hydrogen-bond acceptors (Lipinski definition) is 2. The largest absolute Gasteiger partial charge is 1.00 e. The van der Waals surface area contributed by atoms with E-state index in [1.54, 1.807) is 4.98 Å². The van der Waals surface area contributed by atoms with E-state index in [4.69, 9.17) is 0 Å². The molecule has 0 amide bonds. The van der Waals surface area contributed by atoms with Gasteiger partial charge in [-0.3, -0.25) is 9.78 Å². The van der Waals surface area contributed by atoms with E-state index >= 15 is 0 Å². The molecule has 0 fully saturated rings. The molecule has 1 heterocycles. The van der Waals surface area contributed by atoms with Gasteiger partial charge in [0.05, 0.1) is 0 Å². The molecule has 11 heavy (non-hydrogen) atoms. The summed E-state index contributed by atoms with van der Waals surface area (Å²) in [7, 11) is 0. The van der Waals surface area contributed by atoms with E-state index in [0.29, 0.717) is 6.20 Å². The Balaban J connectivity index is -0.000000270. The second-order valence-electron chi connectivity index (χ2n) is 1.42. The fourth-order valence-corrected chi connectivity index (χ4v) is 0.393. The molecule has 0 bridgehead atoms. The number of aromatic nitrogens is 2. The molecule has 0 unspecified atom stereocenters. The van der Waals surface area contributed by atoms with Crippen LogP contribution >= 0.6 is 0 Å². The molecule has 0 atom stereocenters. The molecule has 4 N–H and O–H groups in total. The van der Waals surface area contributed by atoms with Gasteiger partial charge >= 0.3 is 57.1 Å². The first-order valence-electron chi connectivity index (χ1n) is 2.17. The smallest absolute Gasteiger partial charge is 1.00 e. The average molecular weight is 188 g/mol. The zero-order valence-corrected chi connectivity index (χ0v) is 8.89. The molecule has 0 aliphatic heterocycles. The molecule has 0 saturated heterocycles. The SMILES string of the molecule is O.O=c1[nH]cc(F)c(=O)[nH]1.[H-].[K+]. The van der Waals surface area contributed by atoms with Gasteiger partial charge in [-0.2, -0.15) is 4.39 Å². The first-order chi connectivity index (χ1) is 4.20. The summed E-state index contributed by atoms with van der Waals surface area (Å²) >= 11 is 0. The molecule has 0 radical (unpaired) electrons. The summed E-state index contributed by atoms with van der Waals surface area (Å²) in [5.74, 6) is -0.991. The summed E-state index contributed by atoms with van der Waals surface area (Å²) in [4.78, 5) is 24.0. The molecule has 1 rings (SSSR count). The van der Waals surface area contributed by atoms with Gasteiger partial charge in [-0.15, -0.1) is 0 Å². The maximum atomic E-state index is 12.0. The van der Waals surface area contributed by atoms with Crippen molar-refractivity contribution in [3.8, 4) is 0 Å². The van der Waals surface area contributed by atoms with Crippen molar-refractivity contribution in [3.63, 3.8) is 0 Å². The second kappa shape index (κ2) is 5.81. The van der Waals surface area contributed by atoms with Crippen LogP contribution in [0.2, 0.25) is 0 Å². The van der Waals surface area contributed by atoms with Crippen LogP contribution in [0.5, 0.6) is 0 Å². The van der Waals surface area contributed by atoms with Gasteiger partial charge in [0.1, 0.15) is 0 Å². The van der Waals surface area contributed by atoms with Crippen LogP contribution in [0.15, 0.2) is 15.8 Å². The molecule has 58 valence electrons. The van der Waals surface area contributed by atoms with Gasteiger partial charge in [-0.25, -0.2) is 4.79 Å². The zero-order valence-electron chi connectivity index (χ0n) is 6.77. The maximum absolute atomic E-state index is 12.0. The molecule has 7 heteroatoms. The van der Waals surface area contributed by atoms with Crippen LogP contribution in [-0.2, 0) is 0 Å². The minimum atomic E-state index is -1.00. The van der Waals surface area contributed by atoms with Crippen molar-refractivity contribution in [2.45, 2.75) is 0 Å². The Kier molecular flexibility index (Phi) is 7.27. The van der Waals surface area contributed by atoms with E-state index in [9.17, 15) is 14.0 Å². The third-order valence-corrected chi connectivity index (χ3v) is 0.774. The normalized spacial score (nSPS) is 7.73. The summed E-state index contributed by atoms with van der Waals surface area (Å²) in [6.07, 6.45) is 0.709. The second-order valence-corrected chi connectivity index (χ2v) is 1.42. The Hall–Kier alpha value is 0.206. The van der Waals surface area contributed by atoms with Gasteiger partial charge in [0.15, 0.2) is 0 Å². The fourth-order valence-electron chi connectivity index (χ4n) is 0.393. The third kappa shape index (κ3) is 3.94. The van der Waals surface area contributed by atoms with Crippen molar-refractivity contribution in [1.82, 2.24) is 9.97 Å². The summed E-state index contributed by atoms with van der Waals surface area (Å²) in [6.45, 7) is 0. The average Bonchev–Trinajstić information content (AvgIpc) is 1.80. The minimum absolute atomic E-state index is 0. The fraction of sp³-hybridized carbons (Fsp3) is 0. The molecular formula is C4H6FKN2O3. The molecule has 5 nitrogen and oxygen atoms in total. The first kappa shape index (κ1) is 13.8. The monoisotopic (exact) mass is 188 g/mol. The van der Waals surface area contributed by atoms with Gasteiger partial charge in [0.2, 0.25) is 5.82 Å². The number of H-pyrrole nitrogens is 2. The Bertz CT molecular complexity index is 325. The number of hydrogen-bond donors (Lipinski definition) is 2. The van der Waals surface area contributed by atoms with Gasteiger partial charge < -0.3 is 11.9 Å². The van der Waals surface area contributed by atoms with Crippen LogP contribution in [0.4, 0.5) is 4.39 Å². The predicted octanol–water partition coefficient (Wildman–Crippen LogP) is -4.51. The minimum Gasteiger partial charge on any atom is -1.00 e. The first-order valence-corrected chi connectivity index (χ1v) is 2.17. The Labute approximate surface area is 104 Å². The maximum Gasteiger partial charge on any atom is 1.00 e. The van der Waals surface area contributed by atoms with Crippen molar-refractivity contribution in [2.75, 3.05) is 0 Å². The summed E-state index contributed by atoms with van der Waals surface area (Å²) in [6, 6.07) is 0. The number of halogens is 1. The molecule has 0 saturated carbocycles. The summed E-state index contributed by atoms with van der Waals surface area (Å²) < 4.78 is 12.0. The zero-order chi connectivity index (χ0) is 6.85. The standard InChI is InChI=1S/C4H3FN2O2.K.H2O.H/c5-2-1-6-4(9)7-3(2)8;;;/h1H,(H2,6,7,8,9);;1H2;/q;+1;;-1. The van der Waals surface area contributed by atoms with Crippen LogP contribution < -0.4 is 62.6 Å². The van der Waals surface area contributed by atoms with Crippen LogP contribution in [0, 0.1) is 5.82 Å². The topological polar surface area (TPSA) is 97.2 Å². The number of nitrogens with one attached hydrogen (secondary N) is 2. The van der Waals surface area contributed by atoms with E-state index in [2.05, 4.69) is 0 Å². The summed E-state index contributed by atoms with van der Waals surface area (Å²) in [5, 5.41) is 0. The van der Waals surface area contributed by atoms with Gasteiger partial charge in [-0.1, -0.05) is 0 Å². The van der Waals surface area contributed by atoms with E-state index in [0.717, 1.165) is 0 Å². The molecule has 0 aliphatic rings. The van der Waals surface area contributed by atoms with Gasteiger partial charge in [0.25, 0.3) is 5.56 Å². The van der Waals surface area contributed by atoms with E-state index in [1.165, 1.54) is 0 Å². The number of aromatic amines is 2. The van der Waals surface area contributed by atoms with Crippen LogP contribution in [0.25, 0.3) is 0 Å². The molecule has 1 aromatic heterocycles. The summed E-state index contributed by atoms with van der Waals surface area (Å²) in [5.41, 5.74) is -1.71. The van der Waals surface area contributed by atoms with E-state index in [1.807, 2.05) is 4.98 Å². The molecular weight excluding hydrogens is 182 g/mol. The van der Waals surface area contributed by atoms with Crippen molar-refractivity contribution in [1.29, 1.82) is 0 Å². The van der Waals surface area contributed by atoms with Crippen molar-refractivity contribution in [3.05, 3.63) is 32.9 Å². The van der Waals surface area contributed by atoms with Gasteiger partial charge in [-0.05, 0) is 0 Å². The van der Waals surface area contributed by atoms with Crippen molar-refractivity contribution < 1.29 is 62.7 Å².